The zero-order valence-corrected chi connectivity index (χ0v) is 12.1. The van der Waals surface area contributed by atoms with E-state index in [2.05, 4.69) is 4.74 Å². The van der Waals surface area contributed by atoms with E-state index in [1.54, 1.807) is 20.0 Å². The van der Waals surface area contributed by atoms with Gasteiger partial charge in [-0.1, -0.05) is 17.7 Å². The van der Waals surface area contributed by atoms with Crippen molar-refractivity contribution in [3.8, 4) is 0 Å². The first-order valence-electron chi connectivity index (χ1n) is 5.44. The summed E-state index contributed by atoms with van der Waals surface area (Å²) in [5.41, 5.74) is 1.50. The van der Waals surface area contributed by atoms with Gasteiger partial charge in [0.2, 0.25) is 0 Å². The summed E-state index contributed by atoms with van der Waals surface area (Å²) in [7, 11) is 3.08. The van der Waals surface area contributed by atoms with Crippen molar-refractivity contribution in [2.75, 3.05) is 12.9 Å². The molecule has 0 aliphatic heterocycles. The molecule has 18 heavy (non-hydrogen) atoms. The number of thioether (sulfide) groups is 1. The van der Waals surface area contributed by atoms with Crippen molar-refractivity contribution in [3.63, 3.8) is 0 Å². The van der Waals surface area contributed by atoms with Crippen LogP contribution in [0.15, 0.2) is 18.2 Å². The molecule has 3 nitrogen and oxygen atoms in total. The first kappa shape index (κ1) is 15.1. The number of benzene rings is 1. The minimum absolute atomic E-state index is 0.0751. The van der Waals surface area contributed by atoms with Gasteiger partial charge in [-0.3, -0.25) is 9.59 Å². The quantitative estimate of drug-likeness (QED) is 0.469. The molecule has 0 heterocycles. The van der Waals surface area contributed by atoms with E-state index in [0.29, 0.717) is 10.6 Å². The molecule has 1 atom stereocenters. The molecular formula is C12H14BClO3S. The highest BCUT2D eigenvalue weighted by Gasteiger charge is 2.19. The van der Waals surface area contributed by atoms with Crippen LogP contribution in [0.25, 0.3) is 0 Å². The topological polar surface area (TPSA) is 43.4 Å². The fraction of sp³-hybridized carbons (Fsp3) is 0.333. The maximum Gasteiger partial charge on any atom is 0.315 e. The van der Waals surface area contributed by atoms with E-state index < -0.39 is 0 Å². The zero-order valence-electron chi connectivity index (χ0n) is 10.5. The summed E-state index contributed by atoms with van der Waals surface area (Å²) in [4.78, 5) is 23.1. The summed E-state index contributed by atoms with van der Waals surface area (Å²) in [6.45, 7) is 1.91. The van der Waals surface area contributed by atoms with Crippen molar-refractivity contribution in [1.82, 2.24) is 0 Å². The molecular weight excluding hydrogens is 270 g/mol. The normalized spacial score (nSPS) is 11.9. The third kappa shape index (κ3) is 4.07. The number of aryl methyl sites for hydroxylation is 1. The molecule has 1 unspecified atom stereocenters. The van der Waals surface area contributed by atoms with E-state index in [1.165, 1.54) is 18.9 Å². The number of hydrogen-bond donors (Lipinski definition) is 0. The molecule has 0 saturated carbocycles. The molecule has 0 amide bonds. The van der Waals surface area contributed by atoms with E-state index in [4.69, 9.17) is 11.6 Å². The van der Waals surface area contributed by atoms with Crippen LogP contribution in [0.2, 0.25) is 5.02 Å². The predicted molar refractivity (Wildman–Crippen MR) is 77.3 cm³/mol. The second kappa shape index (κ2) is 6.85. The van der Waals surface area contributed by atoms with Crippen LogP contribution < -0.4 is 0 Å². The van der Waals surface area contributed by atoms with E-state index in [-0.39, 0.29) is 22.7 Å². The zero-order chi connectivity index (χ0) is 13.7. The number of ether oxygens (including phenoxy) is 1. The highest BCUT2D eigenvalue weighted by Crippen LogP contribution is 2.22. The van der Waals surface area contributed by atoms with Crippen LogP contribution in [-0.2, 0) is 9.53 Å². The average Bonchev–Trinajstić information content (AvgIpc) is 2.34. The molecule has 0 fully saturated rings. The lowest BCUT2D eigenvalue weighted by Gasteiger charge is -2.11. The number of esters is 1. The summed E-state index contributed by atoms with van der Waals surface area (Å²) < 4.78 is 4.53. The van der Waals surface area contributed by atoms with Crippen LogP contribution in [0.5, 0.6) is 0 Å². The van der Waals surface area contributed by atoms with Gasteiger partial charge in [0.1, 0.15) is 7.85 Å². The van der Waals surface area contributed by atoms with Crippen molar-refractivity contribution in [3.05, 3.63) is 34.3 Å². The number of carbonyl (C=O) groups is 2. The van der Waals surface area contributed by atoms with Gasteiger partial charge in [0.05, 0.1) is 17.9 Å². The van der Waals surface area contributed by atoms with Crippen LogP contribution in [0.1, 0.15) is 15.9 Å². The first-order chi connectivity index (χ1) is 8.45. The van der Waals surface area contributed by atoms with E-state index in [1.807, 2.05) is 13.0 Å². The third-order valence-corrected chi connectivity index (χ3v) is 3.87. The molecule has 0 bridgehead atoms. The molecule has 1 aromatic rings. The third-order valence-electron chi connectivity index (χ3n) is 2.44. The lowest BCUT2D eigenvalue weighted by Crippen LogP contribution is -2.20. The smallest absolute Gasteiger partial charge is 0.315 e. The van der Waals surface area contributed by atoms with E-state index >= 15 is 0 Å². The van der Waals surface area contributed by atoms with Crippen molar-refractivity contribution >= 4 is 43.0 Å². The second-order valence-corrected chi connectivity index (χ2v) is 5.61. The number of methoxy groups -OCH3 is 1. The summed E-state index contributed by atoms with van der Waals surface area (Å²) in [5, 5.41) is 0.120. The Hall–Kier alpha value is -0.935. The Labute approximate surface area is 117 Å². The van der Waals surface area contributed by atoms with E-state index in [9.17, 15) is 9.59 Å². The summed E-state index contributed by atoms with van der Waals surface area (Å²) in [6.07, 6.45) is 0. The van der Waals surface area contributed by atoms with Crippen LogP contribution in [-0.4, -0.2) is 37.6 Å². The highest BCUT2D eigenvalue weighted by molar-refractivity contribution is 8.02. The number of carbonyl (C=O) groups excluding carboxylic acids is 2. The summed E-state index contributed by atoms with van der Waals surface area (Å²) in [6, 6.07) is 5.32. The van der Waals surface area contributed by atoms with Gasteiger partial charge >= 0.3 is 5.97 Å². The van der Waals surface area contributed by atoms with Crippen LogP contribution in [0.3, 0.4) is 0 Å². The van der Waals surface area contributed by atoms with Crippen molar-refractivity contribution in [2.45, 2.75) is 12.1 Å². The minimum atomic E-state index is -0.338. The van der Waals surface area contributed by atoms with Gasteiger partial charge in [-0.2, -0.15) is 0 Å². The fourth-order valence-electron chi connectivity index (χ4n) is 1.37. The van der Waals surface area contributed by atoms with Crippen molar-refractivity contribution < 1.29 is 14.3 Å². The Kier molecular flexibility index (Phi) is 5.76. The van der Waals surface area contributed by atoms with Crippen LogP contribution in [0.4, 0.5) is 0 Å². The predicted octanol–water partition coefficient (Wildman–Crippen LogP) is 1.70. The number of halogens is 1. The lowest BCUT2D eigenvalue weighted by atomic mass is 9.94. The molecule has 6 heteroatoms. The highest BCUT2D eigenvalue weighted by atomic mass is 35.5. The lowest BCUT2D eigenvalue weighted by molar-refractivity contribution is -0.137. The monoisotopic (exact) mass is 284 g/mol. The molecule has 0 aliphatic rings. The molecule has 0 saturated heterocycles. The Morgan fingerprint density at radius 1 is 1.50 bits per heavy atom. The molecule has 1 rings (SSSR count). The standard InChI is InChI=1S/C12H14BClO3S/c1-7-3-4-8(9(14)5-7)11(16)12(13)18-6-10(15)17-2/h3-5,12H,6,13H2,1-2H3. The molecule has 96 valence electrons. The van der Waals surface area contributed by atoms with Crippen molar-refractivity contribution in [2.24, 2.45) is 0 Å². The maximum absolute atomic E-state index is 12.1. The Bertz CT molecular complexity index is 465. The number of rotatable bonds is 5. The molecule has 0 aliphatic carbocycles. The van der Waals surface area contributed by atoms with E-state index in [0.717, 1.165) is 5.56 Å². The van der Waals surface area contributed by atoms with Gasteiger partial charge in [-0.25, -0.2) is 0 Å². The molecule has 0 radical (unpaired) electrons. The number of ketones is 1. The number of Topliss-reactive ketones (excluding diaryl/α,β-unsaturated/α-hetero) is 1. The Balaban J connectivity index is 2.71. The average molecular weight is 285 g/mol. The van der Waals surface area contributed by atoms with Gasteiger partial charge in [0.15, 0.2) is 5.78 Å². The molecule has 1 aromatic carbocycles. The summed E-state index contributed by atoms with van der Waals surface area (Å²) >= 11 is 7.28. The van der Waals surface area contributed by atoms with Gasteiger partial charge in [0.25, 0.3) is 0 Å². The molecule has 0 aromatic heterocycles. The van der Waals surface area contributed by atoms with Gasteiger partial charge < -0.3 is 4.74 Å². The second-order valence-electron chi connectivity index (χ2n) is 3.88. The SMILES string of the molecule is BC(SCC(=O)OC)C(=O)c1ccc(C)cc1Cl. The van der Waals surface area contributed by atoms with Crippen molar-refractivity contribution in [1.29, 1.82) is 0 Å². The van der Waals surface area contributed by atoms with Crippen LogP contribution in [0, 0.1) is 6.92 Å². The van der Waals surface area contributed by atoms with Gasteiger partial charge in [-0.05, 0) is 24.6 Å². The fourth-order valence-corrected chi connectivity index (χ4v) is 2.48. The first-order valence-corrected chi connectivity index (χ1v) is 6.87. The molecule has 0 N–H and O–H groups in total. The Morgan fingerprint density at radius 3 is 2.72 bits per heavy atom. The maximum atomic E-state index is 12.1. The Morgan fingerprint density at radius 2 is 2.17 bits per heavy atom. The van der Waals surface area contributed by atoms with Gasteiger partial charge in [-0.15, -0.1) is 11.8 Å². The molecule has 0 spiro atoms. The minimum Gasteiger partial charge on any atom is -0.468 e. The largest absolute Gasteiger partial charge is 0.468 e. The van der Waals surface area contributed by atoms with Gasteiger partial charge in [0, 0.05) is 10.7 Å². The number of hydrogen-bond acceptors (Lipinski definition) is 4. The van der Waals surface area contributed by atoms with Crippen LogP contribution >= 0.6 is 23.4 Å². The summed E-state index contributed by atoms with van der Waals surface area (Å²) in [5.74, 6) is -0.254.